The van der Waals surface area contributed by atoms with Gasteiger partial charge in [-0.05, 0) is 25.0 Å². The van der Waals surface area contributed by atoms with Crippen molar-refractivity contribution in [3.8, 4) is 0 Å². The highest BCUT2D eigenvalue weighted by Gasteiger charge is 2.11. The third-order valence-corrected chi connectivity index (χ3v) is 2.25. The number of rotatable bonds is 8. The van der Waals surface area contributed by atoms with Gasteiger partial charge < -0.3 is 0 Å². The summed E-state index contributed by atoms with van der Waals surface area (Å²) in [5.74, 6) is 0.500. The lowest BCUT2D eigenvalue weighted by atomic mass is 9.93. The first-order valence-corrected chi connectivity index (χ1v) is 5.64. The van der Waals surface area contributed by atoms with Gasteiger partial charge in [-0.1, -0.05) is 39.8 Å². The van der Waals surface area contributed by atoms with Crippen LogP contribution in [0.3, 0.4) is 0 Å². The Labute approximate surface area is 93.5 Å². The van der Waals surface area contributed by atoms with E-state index in [1.807, 2.05) is 6.08 Å². The van der Waals surface area contributed by atoms with Gasteiger partial charge in [0.2, 0.25) is 0 Å². The molecule has 0 aromatic carbocycles. The highest BCUT2D eigenvalue weighted by Crippen LogP contribution is 2.16. The van der Waals surface area contributed by atoms with Crippen LogP contribution in [0.5, 0.6) is 0 Å². The smallest absolute Gasteiger partial charge is 0.0655 e. The van der Waals surface area contributed by atoms with Crippen molar-refractivity contribution in [2.24, 2.45) is 16.1 Å². The van der Waals surface area contributed by atoms with E-state index in [0.717, 1.165) is 18.6 Å². The van der Waals surface area contributed by atoms with Crippen LogP contribution in [-0.2, 0) is 0 Å². The quantitative estimate of drug-likeness (QED) is 0.423. The van der Waals surface area contributed by atoms with Gasteiger partial charge in [-0.25, -0.2) is 0 Å². The van der Waals surface area contributed by atoms with Gasteiger partial charge in [0.1, 0.15) is 0 Å². The van der Waals surface area contributed by atoms with Crippen molar-refractivity contribution in [1.82, 2.24) is 0 Å². The minimum absolute atomic E-state index is 0.500. The Hall–Kier alpha value is -1.18. The molecular formula is C13H22N2. The Balaban J connectivity index is 4.55. The lowest BCUT2D eigenvalue weighted by Gasteiger charge is -2.13. The Kier molecular flexibility index (Phi) is 8.64. The zero-order chi connectivity index (χ0) is 11.5. The van der Waals surface area contributed by atoms with Crippen LogP contribution in [-0.4, -0.2) is 11.9 Å². The molecule has 0 unspecified atom stereocenters. The number of hydrogen-bond acceptors (Lipinski definition) is 2. The second kappa shape index (κ2) is 9.38. The zero-order valence-corrected chi connectivity index (χ0v) is 9.95. The van der Waals surface area contributed by atoms with E-state index in [2.05, 4.69) is 37.2 Å². The molecule has 0 rings (SSSR count). The molecule has 0 aliphatic carbocycles. The molecule has 0 amide bonds. The zero-order valence-electron chi connectivity index (χ0n) is 9.95. The molecule has 0 aromatic rings. The van der Waals surface area contributed by atoms with Crippen LogP contribution in [0, 0.1) is 5.92 Å². The van der Waals surface area contributed by atoms with Crippen molar-refractivity contribution in [3.05, 3.63) is 25.3 Å². The molecule has 15 heavy (non-hydrogen) atoms. The molecule has 0 saturated heterocycles. The number of allylic oxidation sites excluding steroid dienone is 2. The van der Waals surface area contributed by atoms with E-state index in [9.17, 15) is 0 Å². The molecule has 0 heterocycles. The molecule has 2 heteroatoms. The van der Waals surface area contributed by atoms with Crippen molar-refractivity contribution in [2.75, 3.05) is 0 Å². The molecule has 0 aromatic heterocycles. The van der Waals surface area contributed by atoms with Crippen LogP contribution >= 0.6 is 0 Å². The van der Waals surface area contributed by atoms with Crippen molar-refractivity contribution < 1.29 is 0 Å². The fourth-order valence-electron chi connectivity index (χ4n) is 1.57. The summed E-state index contributed by atoms with van der Waals surface area (Å²) in [6.45, 7) is 11.7. The highest BCUT2D eigenvalue weighted by molar-refractivity contribution is 5.96. The monoisotopic (exact) mass is 206 g/mol. The van der Waals surface area contributed by atoms with E-state index in [1.165, 1.54) is 12.8 Å². The summed E-state index contributed by atoms with van der Waals surface area (Å²) in [6.07, 6.45) is 9.68. The minimum atomic E-state index is 0.500. The predicted molar refractivity (Wildman–Crippen MR) is 69.6 cm³/mol. The first-order valence-electron chi connectivity index (χ1n) is 5.64. The van der Waals surface area contributed by atoms with E-state index in [-0.39, 0.29) is 0 Å². The Morgan fingerprint density at radius 1 is 1.20 bits per heavy atom. The van der Waals surface area contributed by atoms with Gasteiger partial charge in [-0.3, -0.25) is 0 Å². The van der Waals surface area contributed by atoms with Gasteiger partial charge in [0.15, 0.2) is 0 Å². The molecule has 0 spiro atoms. The normalized spacial score (nSPS) is 12.3. The largest absolute Gasteiger partial charge is 0.159 e. The van der Waals surface area contributed by atoms with E-state index in [0.29, 0.717) is 5.92 Å². The van der Waals surface area contributed by atoms with Crippen LogP contribution in [0.4, 0.5) is 0 Å². The van der Waals surface area contributed by atoms with Crippen LogP contribution in [0.25, 0.3) is 0 Å². The van der Waals surface area contributed by atoms with Crippen LogP contribution in [0.2, 0.25) is 0 Å². The van der Waals surface area contributed by atoms with Gasteiger partial charge >= 0.3 is 0 Å². The number of nitrogens with zero attached hydrogens (tertiary/aromatic N) is 2. The van der Waals surface area contributed by atoms with Gasteiger partial charge in [0.25, 0.3) is 0 Å². The second-order valence-corrected chi connectivity index (χ2v) is 3.50. The maximum Gasteiger partial charge on any atom is 0.0655 e. The molecule has 0 N–H and O–H groups in total. The lowest BCUT2D eigenvalue weighted by Crippen LogP contribution is -2.11. The summed E-state index contributed by atoms with van der Waals surface area (Å²) in [7, 11) is 0. The van der Waals surface area contributed by atoms with Crippen molar-refractivity contribution >= 4 is 11.9 Å². The van der Waals surface area contributed by atoms with Crippen LogP contribution in [0.15, 0.2) is 35.5 Å². The predicted octanol–water partition coefficient (Wildman–Crippen LogP) is 4.00. The summed E-state index contributed by atoms with van der Waals surface area (Å²) in [6, 6.07) is 0. The summed E-state index contributed by atoms with van der Waals surface area (Å²) in [4.78, 5) is 0. The lowest BCUT2D eigenvalue weighted by molar-refractivity contribution is 0.559. The van der Waals surface area contributed by atoms with E-state index in [4.69, 9.17) is 0 Å². The first kappa shape index (κ1) is 13.8. The Bertz CT molecular complexity index is 233. The number of hydrogen-bond donors (Lipinski definition) is 0. The molecule has 0 aliphatic rings. The van der Waals surface area contributed by atoms with E-state index in [1.54, 1.807) is 12.3 Å². The van der Waals surface area contributed by atoms with Crippen LogP contribution in [0.1, 0.15) is 39.5 Å². The molecule has 0 fully saturated rings. The van der Waals surface area contributed by atoms with Crippen molar-refractivity contribution in [2.45, 2.75) is 39.5 Å². The van der Waals surface area contributed by atoms with Gasteiger partial charge in [0.05, 0.1) is 5.71 Å². The molecule has 0 bridgehead atoms. The summed E-state index contributed by atoms with van der Waals surface area (Å²) >= 11 is 0. The molecule has 0 radical (unpaired) electrons. The molecule has 0 atom stereocenters. The third-order valence-electron chi connectivity index (χ3n) is 2.25. The minimum Gasteiger partial charge on any atom is -0.159 e. The fraction of sp³-hybridized carbons (Fsp3) is 0.538. The van der Waals surface area contributed by atoms with E-state index >= 15 is 0 Å². The highest BCUT2D eigenvalue weighted by atomic mass is 15.2. The van der Waals surface area contributed by atoms with Crippen molar-refractivity contribution in [1.29, 1.82) is 0 Å². The van der Waals surface area contributed by atoms with Gasteiger partial charge in [0, 0.05) is 12.1 Å². The van der Waals surface area contributed by atoms with Gasteiger partial charge in [-0.15, -0.1) is 0 Å². The molecule has 0 aliphatic heterocycles. The molecule has 2 nitrogen and oxygen atoms in total. The average Bonchev–Trinajstić information content (AvgIpc) is 2.24. The van der Waals surface area contributed by atoms with Crippen molar-refractivity contribution in [3.63, 3.8) is 0 Å². The molecule has 0 saturated carbocycles. The fourth-order valence-corrected chi connectivity index (χ4v) is 1.57. The first-order chi connectivity index (χ1) is 7.29. The topological polar surface area (TPSA) is 24.7 Å². The standard InChI is InChI=1S/C13H22N2/c1-5-9-12(10-6-2)13(8-4)15-14-11-7-3/h7-8,11-12H,3-6,9-10H2,1-2H3/b14-11-,15-13+. The van der Waals surface area contributed by atoms with Gasteiger partial charge in [-0.2, -0.15) is 10.2 Å². The molecular weight excluding hydrogens is 184 g/mol. The summed E-state index contributed by atoms with van der Waals surface area (Å²) < 4.78 is 0. The van der Waals surface area contributed by atoms with E-state index < -0.39 is 0 Å². The maximum absolute atomic E-state index is 4.17. The SMILES string of the molecule is C=C/C=N\N=C(/C=C)C(CCC)CCC. The van der Waals surface area contributed by atoms with Crippen LogP contribution < -0.4 is 0 Å². The maximum atomic E-state index is 4.17. The third kappa shape index (κ3) is 6.00. The second-order valence-electron chi connectivity index (χ2n) is 3.50. The summed E-state index contributed by atoms with van der Waals surface area (Å²) in [5, 5.41) is 8.09. The Morgan fingerprint density at radius 3 is 2.20 bits per heavy atom. The molecule has 84 valence electrons. The average molecular weight is 206 g/mol. The summed E-state index contributed by atoms with van der Waals surface area (Å²) in [5.41, 5.74) is 0.997. The Morgan fingerprint density at radius 2 is 1.80 bits per heavy atom.